The Labute approximate surface area is 130 Å². The van der Waals surface area contributed by atoms with Gasteiger partial charge in [-0.1, -0.05) is 48.9 Å². The normalized spacial score (nSPS) is 18.8. The van der Waals surface area contributed by atoms with Gasteiger partial charge in [0.2, 0.25) is 0 Å². The van der Waals surface area contributed by atoms with Crippen LogP contribution in [0.2, 0.25) is 0 Å². The number of hydrogen-bond donors (Lipinski definition) is 0. The molecule has 3 heteroatoms. The average molecular weight is 297 g/mol. The largest absolute Gasteiger partial charge is 0.338 e. The molecule has 0 bridgehead atoms. The molecule has 1 amide bonds. The van der Waals surface area contributed by atoms with E-state index in [4.69, 9.17) is 0 Å². The molecule has 2 aromatic carbocycles. The van der Waals surface area contributed by atoms with E-state index in [1.807, 2.05) is 23.1 Å². The standard InChI is InChI=1S/C19H20FNO/c20-18-12-5-4-11-17(18)19(22)21-13-7-6-10-16(14-21)15-8-2-1-3-9-15/h1-5,8-9,11-12,16H,6-7,10,13-14H2. The number of rotatable bonds is 2. The minimum atomic E-state index is -0.437. The molecule has 1 atom stereocenters. The highest BCUT2D eigenvalue weighted by molar-refractivity contribution is 5.94. The summed E-state index contributed by atoms with van der Waals surface area (Å²) in [6.07, 6.45) is 3.15. The second-order valence-corrected chi connectivity index (χ2v) is 5.83. The zero-order valence-corrected chi connectivity index (χ0v) is 12.5. The van der Waals surface area contributed by atoms with Crippen molar-refractivity contribution in [2.45, 2.75) is 25.2 Å². The molecule has 0 spiro atoms. The molecule has 2 aromatic rings. The predicted octanol–water partition coefficient (Wildman–Crippen LogP) is 4.24. The number of halogens is 1. The van der Waals surface area contributed by atoms with Crippen molar-refractivity contribution in [3.63, 3.8) is 0 Å². The zero-order valence-electron chi connectivity index (χ0n) is 12.5. The van der Waals surface area contributed by atoms with Crippen molar-refractivity contribution >= 4 is 5.91 Å². The fraction of sp³-hybridized carbons (Fsp3) is 0.316. The van der Waals surface area contributed by atoms with Gasteiger partial charge in [0, 0.05) is 19.0 Å². The topological polar surface area (TPSA) is 20.3 Å². The molecule has 0 saturated carbocycles. The van der Waals surface area contributed by atoms with Crippen molar-refractivity contribution in [1.29, 1.82) is 0 Å². The van der Waals surface area contributed by atoms with Gasteiger partial charge in [-0.05, 0) is 30.5 Å². The maximum absolute atomic E-state index is 13.9. The molecular weight excluding hydrogens is 277 g/mol. The van der Waals surface area contributed by atoms with Crippen molar-refractivity contribution in [3.8, 4) is 0 Å². The maximum Gasteiger partial charge on any atom is 0.256 e. The van der Waals surface area contributed by atoms with Gasteiger partial charge >= 0.3 is 0 Å². The molecule has 1 saturated heterocycles. The second-order valence-electron chi connectivity index (χ2n) is 5.83. The third-order valence-electron chi connectivity index (χ3n) is 4.33. The molecule has 0 aliphatic carbocycles. The second kappa shape index (κ2) is 6.73. The van der Waals surface area contributed by atoms with Crippen molar-refractivity contribution in [2.75, 3.05) is 13.1 Å². The third kappa shape index (κ3) is 3.19. The van der Waals surface area contributed by atoms with Crippen LogP contribution >= 0.6 is 0 Å². The first-order valence-corrected chi connectivity index (χ1v) is 7.84. The molecule has 1 heterocycles. The third-order valence-corrected chi connectivity index (χ3v) is 4.33. The molecule has 1 aliphatic rings. The molecule has 0 aromatic heterocycles. The lowest BCUT2D eigenvalue weighted by molar-refractivity contribution is 0.0750. The van der Waals surface area contributed by atoms with Crippen LogP contribution in [0.15, 0.2) is 54.6 Å². The number of carbonyl (C=O) groups excluding carboxylic acids is 1. The Morgan fingerprint density at radius 2 is 1.73 bits per heavy atom. The van der Waals surface area contributed by atoms with Crippen LogP contribution in [-0.4, -0.2) is 23.9 Å². The first-order valence-electron chi connectivity index (χ1n) is 7.84. The van der Waals surface area contributed by atoms with E-state index in [1.54, 1.807) is 18.2 Å². The van der Waals surface area contributed by atoms with E-state index in [1.165, 1.54) is 11.6 Å². The van der Waals surface area contributed by atoms with E-state index < -0.39 is 5.82 Å². The van der Waals surface area contributed by atoms with Gasteiger partial charge in [-0.3, -0.25) is 4.79 Å². The Bertz CT molecular complexity index is 641. The summed E-state index contributed by atoms with van der Waals surface area (Å²) in [5.74, 6) is -0.298. The predicted molar refractivity (Wildman–Crippen MR) is 85.3 cm³/mol. The monoisotopic (exact) mass is 297 g/mol. The van der Waals surface area contributed by atoms with Crippen LogP contribution in [0.5, 0.6) is 0 Å². The Hall–Kier alpha value is -2.16. The Morgan fingerprint density at radius 1 is 1.00 bits per heavy atom. The van der Waals surface area contributed by atoms with Gasteiger partial charge in [0.25, 0.3) is 5.91 Å². The van der Waals surface area contributed by atoms with E-state index in [9.17, 15) is 9.18 Å². The molecule has 22 heavy (non-hydrogen) atoms. The van der Waals surface area contributed by atoms with Crippen LogP contribution in [0.4, 0.5) is 4.39 Å². The Balaban J connectivity index is 1.81. The highest BCUT2D eigenvalue weighted by atomic mass is 19.1. The summed E-state index contributed by atoms with van der Waals surface area (Å²) in [7, 11) is 0. The Kier molecular flexibility index (Phi) is 4.52. The van der Waals surface area contributed by atoms with Crippen molar-refractivity contribution in [3.05, 3.63) is 71.5 Å². The molecular formula is C19H20FNO. The fourth-order valence-electron chi connectivity index (χ4n) is 3.13. The van der Waals surface area contributed by atoms with Gasteiger partial charge in [0.05, 0.1) is 5.56 Å². The number of likely N-dealkylation sites (tertiary alicyclic amines) is 1. The summed E-state index contributed by atoms with van der Waals surface area (Å²) in [4.78, 5) is 14.4. The van der Waals surface area contributed by atoms with Crippen LogP contribution in [0.3, 0.4) is 0 Å². The average Bonchev–Trinajstić information content (AvgIpc) is 2.82. The van der Waals surface area contributed by atoms with E-state index in [0.717, 1.165) is 19.3 Å². The van der Waals surface area contributed by atoms with Crippen LogP contribution in [-0.2, 0) is 0 Å². The lowest BCUT2D eigenvalue weighted by Crippen LogP contribution is -2.34. The fourth-order valence-corrected chi connectivity index (χ4v) is 3.13. The highest BCUT2D eigenvalue weighted by Gasteiger charge is 2.25. The van der Waals surface area contributed by atoms with Gasteiger partial charge in [-0.15, -0.1) is 0 Å². The molecule has 3 rings (SSSR count). The smallest absolute Gasteiger partial charge is 0.256 e. The zero-order chi connectivity index (χ0) is 15.4. The van der Waals surface area contributed by atoms with E-state index in [0.29, 0.717) is 19.0 Å². The van der Waals surface area contributed by atoms with E-state index in [2.05, 4.69) is 12.1 Å². The number of carbonyl (C=O) groups is 1. The first kappa shape index (κ1) is 14.8. The SMILES string of the molecule is O=C(c1ccccc1F)N1CCCCC(c2ccccc2)C1. The van der Waals surface area contributed by atoms with Crippen molar-refractivity contribution in [2.24, 2.45) is 0 Å². The molecule has 1 fully saturated rings. The summed E-state index contributed by atoms with van der Waals surface area (Å²) in [6, 6.07) is 16.5. The first-order chi connectivity index (χ1) is 10.8. The summed E-state index contributed by atoms with van der Waals surface area (Å²) in [5.41, 5.74) is 1.44. The van der Waals surface area contributed by atoms with Gasteiger partial charge in [0.1, 0.15) is 5.82 Å². The minimum absolute atomic E-state index is 0.177. The molecule has 0 radical (unpaired) electrons. The minimum Gasteiger partial charge on any atom is -0.338 e. The maximum atomic E-state index is 13.9. The van der Waals surface area contributed by atoms with E-state index >= 15 is 0 Å². The number of nitrogens with zero attached hydrogens (tertiary/aromatic N) is 1. The summed E-state index contributed by atoms with van der Waals surface area (Å²) in [6.45, 7) is 1.37. The van der Waals surface area contributed by atoms with Crippen LogP contribution in [0.25, 0.3) is 0 Å². The molecule has 1 aliphatic heterocycles. The van der Waals surface area contributed by atoms with Gasteiger partial charge < -0.3 is 4.90 Å². The quantitative estimate of drug-likeness (QED) is 0.812. The van der Waals surface area contributed by atoms with Crippen LogP contribution < -0.4 is 0 Å². The van der Waals surface area contributed by atoms with Crippen molar-refractivity contribution in [1.82, 2.24) is 4.90 Å². The van der Waals surface area contributed by atoms with Crippen LogP contribution in [0, 0.1) is 5.82 Å². The van der Waals surface area contributed by atoms with Crippen molar-refractivity contribution < 1.29 is 9.18 Å². The van der Waals surface area contributed by atoms with Gasteiger partial charge in [-0.2, -0.15) is 0 Å². The van der Waals surface area contributed by atoms with Crippen LogP contribution in [0.1, 0.15) is 41.1 Å². The Morgan fingerprint density at radius 3 is 2.50 bits per heavy atom. The summed E-state index contributed by atoms with van der Waals surface area (Å²) >= 11 is 0. The van der Waals surface area contributed by atoms with Gasteiger partial charge in [-0.25, -0.2) is 4.39 Å². The highest BCUT2D eigenvalue weighted by Crippen LogP contribution is 2.27. The summed E-state index contributed by atoms with van der Waals surface area (Å²) < 4.78 is 13.9. The number of amides is 1. The number of benzene rings is 2. The molecule has 1 unspecified atom stereocenters. The lowest BCUT2D eigenvalue weighted by atomic mass is 9.94. The van der Waals surface area contributed by atoms with E-state index in [-0.39, 0.29) is 11.5 Å². The molecule has 0 N–H and O–H groups in total. The van der Waals surface area contributed by atoms with Gasteiger partial charge in [0.15, 0.2) is 0 Å². The summed E-state index contributed by atoms with van der Waals surface area (Å²) in [5, 5.41) is 0. The number of hydrogen-bond acceptors (Lipinski definition) is 1. The lowest BCUT2D eigenvalue weighted by Gasteiger charge is -2.25. The molecule has 114 valence electrons. The molecule has 2 nitrogen and oxygen atoms in total.